The third kappa shape index (κ3) is 4.19. The average molecular weight is 735 g/mol. The van der Waals surface area contributed by atoms with Gasteiger partial charge in [-0.25, -0.2) is 4.98 Å². The van der Waals surface area contributed by atoms with E-state index < -0.39 is 0 Å². The number of rotatable bonds is 4. The lowest BCUT2D eigenvalue weighted by Crippen LogP contribution is -2.18. The lowest BCUT2D eigenvalue weighted by atomic mass is 9.82. The maximum Gasteiger partial charge on any atom is 0.138 e. The molecule has 2 heterocycles. The van der Waals surface area contributed by atoms with Gasteiger partial charge in [-0.15, -0.1) is 11.3 Å². The fourth-order valence-corrected chi connectivity index (χ4v) is 11.6. The molecular formula is C53H38N2S. The number of pyridine rings is 1. The van der Waals surface area contributed by atoms with E-state index in [1.165, 1.54) is 91.8 Å². The lowest BCUT2D eigenvalue weighted by molar-refractivity contribution is 0.660. The predicted octanol–water partition coefficient (Wildman–Crippen LogP) is 14.9. The summed E-state index contributed by atoms with van der Waals surface area (Å²) in [5.41, 5.74) is 14.9. The minimum absolute atomic E-state index is 0.124. The van der Waals surface area contributed by atoms with Crippen LogP contribution < -0.4 is 4.90 Å². The second-order valence-corrected chi connectivity index (χ2v) is 17.8. The number of hydrogen-bond donors (Lipinski definition) is 0. The van der Waals surface area contributed by atoms with E-state index in [1.54, 1.807) is 0 Å². The van der Waals surface area contributed by atoms with Crippen LogP contribution in [-0.2, 0) is 10.8 Å². The number of aromatic nitrogens is 1. The van der Waals surface area contributed by atoms with Crippen molar-refractivity contribution in [2.24, 2.45) is 0 Å². The Hall–Kier alpha value is -6.29. The van der Waals surface area contributed by atoms with Crippen LogP contribution in [0.1, 0.15) is 49.9 Å². The largest absolute Gasteiger partial charge is 0.295 e. The van der Waals surface area contributed by atoms with Gasteiger partial charge in [0, 0.05) is 47.9 Å². The molecule has 0 N–H and O–H groups in total. The Bertz CT molecular complexity index is 3160. The van der Waals surface area contributed by atoms with Crippen LogP contribution >= 0.6 is 11.3 Å². The lowest BCUT2D eigenvalue weighted by Gasteiger charge is -2.29. The van der Waals surface area contributed by atoms with Crippen LogP contribution in [0.25, 0.3) is 75.2 Å². The summed E-state index contributed by atoms with van der Waals surface area (Å²) in [6, 6.07) is 58.7. The Morgan fingerprint density at radius 3 is 1.59 bits per heavy atom. The van der Waals surface area contributed by atoms with Gasteiger partial charge < -0.3 is 0 Å². The molecule has 2 aromatic heterocycles. The molecule has 0 radical (unpaired) electrons. The van der Waals surface area contributed by atoms with Crippen molar-refractivity contribution in [3.05, 3.63) is 180 Å². The number of hydrogen-bond acceptors (Lipinski definition) is 3. The molecule has 0 fully saturated rings. The van der Waals surface area contributed by atoms with Gasteiger partial charge >= 0.3 is 0 Å². The fourth-order valence-electron chi connectivity index (χ4n) is 10.3. The maximum atomic E-state index is 5.60. The fraction of sp³-hybridized carbons (Fsp3) is 0.113. The summed E-state index contributed by atoms with van der Waals surface area (Å²) in [5.74, 6) is 0.903. The minimum atomic E-state index is -0.124. The quantitative estimate of drug-likeness (QED) is 0.167. The van der Waals surface area contributed by atoms with Gasteiger partial charge in [-0.05, 0) is 109 Å². The van der Waals surface area contributed by atoms with Crippen LogP contribution in [0.5, 0.6) is 0 Å². The zero-order valence-electron chi connectivity index (χ0n) is 31.8. The standard InChI is InChI=1S/C53H38N2S/c1-52(2)42-18-9-7-15-35(42)37-25-23-31(29-44(37)52)55(32-24-26-38-36-16-8-10-19-43(36)53(3,4)45(38)30-32)48-22-12-20-46(54-48)41-28-27-40-34-14-6-5-13-33(34)39-17-11-21-47-49(39)50(40)51(41)56-47/h5-30H,1-4H3. The van der Waals surface area contributed by atoms with Crippen LogP contribution in [0.3, 0.4) is 0 Å². The van der Waals surface area contributed by atoms with Crippen LogP contribution in [0.4, 0.5) is 17.2 Å². The van der Waals surface area contributed by atoms with E-state index in [-0.39, 0.29) is 10.8 Å². The number of thiophene rings is 1. The Kier molecular flexibility index (Phi) is 6.37. The molecule has 10 aromatic rings. The monoisotopic (exact) mass is 734 g/mol. The first kappa shape index (κ1) is 32.0. The molecular weight excluding hydrogens is 697 g/mol. The molecule has 266 valence electrons. The molecule has 0 amide bonds. The predicted molar refractivity (Wildman–Crippen MR) is 239 cm³/mol. The van der Waals surface area contributed by atoms with Crippen molar-refractivity contribution >= 4 is 70.2 Å². The van der Waals surface area contributed by atoms with E-state index in [0.717, 1.165) is 22.9 Å². The number of fused-ring (bicyclic) bond motifs is 9. The first-order chi connectivity index (χ1) is 27.3. The maximum absolute atomic E-state index is 5.60. The Balaban J connectivity index is 1.07. The summed E-state index contributed by atoms with van der Waals surface area (Å²) < 4.78 is 2.62. The summed E-state index contributed by atoms with van der Waals surface area (Å²) in [5, 5.41) is 7.97. The topological polar surface area (TPSA) is 16.1 Å². The van der Waals surface area contributed by atoms with Crippen LogP contribution in [0.2, 0.25) is 0 Å². The molecule has 0 aliphatic heterocycles. The highest BCUT2D eigenvalue weighted by Gasteiger charge is 2.38. The van der Waals surface area contributed by atoms with Gasteiger partial charge in [0.15, 0.2) is 0 Å². The molecule has 0 bridgehead atoms. The van der Waals surface area contributed by atoms with Crippen LogP contribution in [0, 0.1) is 0 Å². The van der Waals surface area contributed by atoms with Gasteiger partial charge in [0.05, 0.1) is 5.69 Å². The number of nitrogens with zero attached hydrogens (tertiary/aromatic N) is 2. The van der Waals surface area contributed by atoms with Gasteiger partial charge in [-0.3, -0.25) is 4.90 Å². The van der Waals surface area contributed by atoms with E-state index in [0.29, 0.717) is 0 Å². The highest BCUT2D eigenvalue weighted by atomic mass is 32.1. The minimum Gasteiger partial charge on any atom is -0.295 e. The van der Waals surface area contributed by atoms with Crippen molar-refractivity contribution in [2.45, 2.75) is 38.5 Å². The summed E-state index contributed by atoms with van der Waals surface area (Å²) >= 11 is 1.89. The third-order valence-electron chi connectivity index (χ3n) is 13.0. The molecule has 56 heavy (non-hydrogen) atoms. The van der Waals surface area contributed by atoms with E-state index in [1.807, 2.05) is 11.3 Å². The van der Waals surface area contributed by atoms with Gasteiger partial charge in [0.1, 0.15) is 5.82 Å². The van der Waals surface area contributed by atoms with E-state index >= 15 is 0 Å². The molecule has 2 aliphatic rings. The third-order valence-corrected chi connectivity index (χ3v) is 14.2. The molecule has 0 spiro atoms. The van der Waals surface area contributed by atoms with Crippen LogP contribution in [-0.4, -0.2) is 4.98 Å². The Labute approximate surface area is 330 Å². The highest BCUT2D eigenvalue weighted by Crippen LogP contribution is 2.54. The number of benzene rings is 8. The average Bonchev–Trinajstić information content (AvgIpc) is 3.81. The van der Waals surface area contributed by atoms with Crippen molar-refractivity contribution < 1.29 is 0 Å². The zero-order chi connectivity index (χ0) is 37.5. The second kappa shape index (κ2) is 11.2. The van der Waals surface area contributed by atoms with Crippen LogP contribution in [0.15, 0.2) is 158 Å². The summed E-state index contributed by atoms with van der Waals surface area (Å²) in [6.07, 6.45) is 0. The highest BCUT2D eigenvalue weighted by molar-refractivity contribution is 7.26. The SMILES string of the molecule is CC1(C)c2ccccc2-c2ccc(N(c3ccc4c(c3)C(C)(C)c3ccccc3-4)c3cccc(-c4ccc5c6ccccc6c6cccc7sc4c5c76)n3)cc21. The summed E-state index contributed by atoms with van der Waals surface area (Å²) in [6.45, 7) is 9.44. The molecule has 2 nitrogen and oxygen atoms in total. The molecule has 0 saturated carbocycles. The summed E-state index contributed by atoms with van der Waals surface area (Å²) in [4.78, 5) is 7.99. The van der Waals surface area contributed by atoms with Crippen molar-refractivity contribution in [1.29, 1.82) is 0 Å². The van der Waals surface area contributed by atoms with E-state index in [2.05, 4.69) is 190 Å². The smallest absolute Gasteiger partial charge is 0.138 e. The van der Waals surface area contributed by atoms with E-state index in [4.69, 9.17) is 4.98 Å². The molecule has 0 unspecified atom stereocenters. The van der Waals surface area contributed by atoms with Crippen molar-refractivity contribution in [1.82, 2.24) is 4.98 Å². The van der Waals surface area contributed by atoms with Gasteiger partial charge in [0.2, 0.25) is 0 Å². The van der Waals surface area contributed by atoms with Crippen molar-refractivity contribution in [2.75, 3.05) is 4.90 Å². The molecule has 0 saturated heterocycles. The normalized spacial score (nSPS) is 14.7. The second-order valence-electron chi connectivity index (χ2n) is 16.7. The van der Waals surface area contributed by atoms with E-state index in [9.17, 15) is 0 Å². The molecule has 12 rings (SSSR count). The summed E-state index contributed by atoms with van der Waals surface area (Å²) in [7, 11) is 0. The number of anilines is 3. The van der Waals surface area contributed by atoms with Gasteiger partial charge in [0.25, 0.3) is 0 Å². The first-order valence-electron chi connectivity index (χ1n) is 19.6. The first-order valence-corrected chi connectivity index (χ1v) is 20.4. The molecule has 3 heteroatoms. The Morgan fingerprint density at radius 1 is 0.429 bits per heavy atom. The molecule has 0 atom stereocenters. The van der Waals surface area contributed by atoms with Gasteiger partial charge in [-0.1, -0.05) is 143 Å². The molecule has 2 aliphatic carbocycles. The van der Waals surface area contributed by atoms with Crippen molar-refractivity contribution in [3.63, 3.8) is 0 Å². The Morgan fingerprint density at radius 2 is 0.946 bits per heavy atom. The van der Waals surface area contributed by atoms with Crippen molar-refractivity contribution in [3.8, 4) is 33.5 Å². The molecule has 8 aromatic carbocycles. The zero-order valence-corrected chi connectivity index (χ0v) is 32.6. The van der Waals surface area contributed by atoms with Gasteiger partial charge in [-0.2, -0.15) is 0 Å².